The van der Waals surface area contributed by atoms with Crippen molar-refractivity contribution in [3.05, 3.63) is 11.9 Å². The van der Waals surface area contributed by atoms with Gasteiger partial charge in [0.05, 0.1) is 25.5 Å². The molecule has 0 aromatic carbocycles. The van der Waals surface area contributed by atoms with Gasteiger partial charge in [0.25, 0.3) is 0 Å². The normalized spacial score (nSPS) is 12.7. The predicted octanol–water partition coefficient (Wildman–Crippen LogP) is -0.512. The molecule has 6 heteroatoms. The summed E-state index contributed by atoms with van der Waals surface area (Å²) in [5.74, 6) is 0. The van der Waals surface area contributed by atoms with E-state index in [0.29, 0.717) is 12.9 Å². The Bertz CT molecular complexity index is 287. The number of hydrogen-bond acceptors (Lipinski definition) is 5. The number of carbonyl (C=O) groups excluding carboxylic acids is 1. The largest absolute Gasteiger partial charge is 0.389 e. The van der Waals surface area contributed by atoms with Gasteiger partial charge in [0.2, 0.25) is 0 Å². The van der Waals surface area contributed by atoms with Gasteiger partial charge < -0.3 is 9.84 Å². The second-order valence-corrected chi connectivity index (χ2v) is 2.80. The Morgan fingerprint density at radius 3 is 3.14 bits per heavy atom. The summed E-state index contributed by atoms with van der Waals surface area (Å²) >= 11 is 0. The van der Waals surface area contributed by atoms with Gasteiger partial charge in [-0.2, -0.15) is 0 Å². The molecular weight excluding hydrogens is 186 g/mol. The van der Waals surface area contributed by atoms with Crippen molar-refractivity contribution in [2.24, 2.45) is 0 Å². The average molecular weight is 199 g/mol. The summed E-state index contributed by atoms with van der Waals surface area (Å²) in [4.78, 5) is 10.3. The van der Waals surface area contributed by atoms with Gasteiger partial charge in [-0.05, 0) is 6.92 Å². The van der Waals surface area contributed by atoms with Crippen LogP contribution in [-0.2, 0) is 11.3 Å². The van der Waals surface area contributed by atoms with E-state index in [4.69, 9.17) is 4.74 Å². The fraction of sp³-hybridized carbons (Fsp3) is 0.625. The summed E-state index contributed by atoms with van der Waals surface area (Å²) in [5.41, 5.74) is 0.258. The van der Waals surface area contributed by atoms with E-state index in [1.807, 2.05) is 6.92 Å². The minimum atomic E-state index is -0.629. The molecule has 1 rings (SSSR count). The number of aliphatic hydroxyl groups excluding tert-OH is 1. The van der Waals surface area contributed by atoms with E-state index < -0.39 is 6.10 Å². The van der Waals surface area contributed by atoms with Crippen molar-refractivity contribution in [3.63, 3.8) is 0 Å². The van der Waals surface area contributed by atoms with Crippen molar-refractivity contribution >= 4 is 6.29 Å². The van der Waals surface area contributed by atoms with Gasteiger partial charge in [-0.3, -0.25) is 4.79 Å². The van der Waals surface area contributed by atoms with Crippen LogP contribution in [0.2, 0.25) is 0 Å². The first-order chi connectivity index (χ1) is 6.76. The molecule has 0 spiro atoms. The molecule has 6 nitrogen and oxygen atoms in total. The monoisotopic (exact) mass is 199 g/mol. The quantitative estimate of drug-likeness (QED) is 0.624. The first-order valence-electron chi connectivity index (χ1n) is 4.37. The van der Waals surface area contributed by atoms with Crippen LogP contribution in [0.3, 0.4) is 0 Å². The van der Waals surface area contributed by atoms with Gasteiger partial charge in [0.15, 0.2) is 6.29 Å². The predicted molar refractivity (Wildman–Crippen MR) is 47.9 cm³/mol. The van der Waals surface area contributed by atoms with Gasteiger partial charge in [-0.25, -0.2) is 4.68 Å². The molecule has 0 radical (unpaired) electrons. The summed E-state index contributed by atoms with van der Waals surface area (Å²) in [6.45, 7) is 2.95. The Labute approximate surface area is 81.5 Å². The van der Waals surface area contributed by atoms with Crippen LogP contribution >= 0.6 is 0 Å². The maximum atomic E-state index is 10.3. The Hall–Kier alpha value is -1.27. The highest BCUT2D eigenvalue weighted by molar-refractivity contribution is 5.70. The van der Waals surface area contributed by atoms with Crippen LogP contribution in [0.4, 0.5) is 0 Å². The van der Waals surface area contributed by atoms with Crippen LogP contribution in [-0.4, -0.2) is 45.7 Å². The molecule has 14 heavy (non-hydrogen) atoms. The van der Waals surface area contributed by atoms with Crippen molar-refractivity contribution in [2.75, 3.05) is 13.2 Å². The number of aromatic nitrogens is 3. The molecule has 0 fully saturated rings. The summed E-state index contributed by atoms with van der Waals surface area (Å²) in [6, 6.07) is 0. The second kappa shape index (κ2) is 5.46. The lowest BCUT2D eigenvalue weighted by Crippen LogP contribution is -2.22. The minimum absolute atomic E-state index is 0.257. The number of aliphatic hydroxyl groups is 1. The summed E-state index contributed by atoms with van der Waals surface area (Å²) < 4.78 is 6.43. The van der Waals surface area contributed by atoms with E-state index in [1.54, 1.807) is 0 Å². The third kappa shape index (κ3) is 3.23. The molecule has 0 aliphatic carbocycles. The van der Waals surface area contributed by atoms with Crippen LogP contribution in [0.15, 0.2) is 6.20 Å². The first kappa shape index (κ1) is 10.8. The number of nitrogens with zero attached hydrogens (tertiary/aromatic N) is 3. The highest BCUT2D eigenvalue weighted by atomic mass is 16.5. The molecule has 0 saturated heterocycles. The van der Waals surface area contributed by atoms with Crippen LogP contribution in [0, 0.1) is 0 Å². The average Bonchev–Trinajstić information content (AvgIpc) is 2.62. The van der Waals surface area contributed by atoms with Crippen molar-refractivity contribution in [1.29, 1.82) is 0 Å². The number of hydrogen-bond donors (Lipinski definition) is 1. The first-order valence-corrected chi connectivity index (χ1v) is 4.37. The topological polar surface area (TPSA) is 77.2 Å². The van der Waals surface area contributed by atoms with Crippen molar-refractivity contribution in [3.8, 4) is 0 Å². The SMILES string of the molecule is CCOCC(O)Cn1cc(C=O)nn1. The maximum Gasteiger partial charge on any atom is 0.171 e. The zero-order valence-corrected chi connectivity index (χ0v) is 7.96. The number of ether oxygens (including phenoxy) is 1. The van der Waals surface area contributed by atoms with Gasteiger partial charge in [0.1, 0.15) is 5.69 Å². The molecule has 0 amide bonds. The van der Waals surface area contributed by atoms with Gasteiger partial charge in [-0.15, -0.1) is 5.10 Å². The van der Waals surface area contributed by atoms with Gasteiger partial charge in [-0.1, -0.05) is 5.21 Å². The van der Waals surface area contributed by atoms with E-state index in [9.17, 15) is 9.90 Å². The molecular formula is C8H13N3O3. The molecule has 0 aliphatic rings. The van der Waals surface area contributed by atoms with Crippen LogP contribution < -0.4 is 0 Å². The fourth-order valence-corrected chi connectivity index (χ4v) is 0.979. The number of rotatable bonds is 6. The number of carbonyl (C=O) groups is 1. The molecule has 1 aromatic rings. The maximum absolute atomic E-state index is 10.3. The Morgan fingerprint density at radius 1 is 1.79 bits per heavy atom. The number of aldehydes is 1. The second-order valence-electron chi connectivity index (χ2n) is 2.80. The van der Waals surface area contributed by atoms with E-state index in [1.165, 1.54) is 10.9 Å². The van der Waals surface area contributed by atoms with Crippen molar-refractivity contribution in [2.45, 2.75) is 19.6 Å². The summed E-state index contributed by atoms with van der Waals surface area (Å²) in [7, 11) is 0. The summed E-state index contributed by atoms with van der Waals surface area (Å²) in [5, 5.41) is 16.6. The molecule has 78 valence electrons. The highest BCUT2D eigenvalue weighted by Gasteiger charge is 2.06. The van der Waals surface area contributed by atoms with Crippen LogP contribution in [0.25, 0.3) is 0 Å². The minimum Gasteiger partial charge on any atom is -0.389 e. The zero-order chi connectivity index (χ0) is 10.4. The lowest BCUT2D eigenvalue weighted by atomic mass is 10.4. The lowest BCUT2D eigenvalue weighted by molar-refractivity contribution is 0.0313. The molecule has 1 atom stereocenters. The molecule has 1 aromatic heterocycles. The van der Waals surface area contributed by atoms with Crippen molar-refractivity contribution < 1.29 is 14.6 Å². The Balaban J connectivity index is 2.39. The molecule has 0 aliphatic heterocycles. The fourth-order valence-electron chi connectivity index (χ4n) is 0.979. The summed E-state index contributed by atoms with van der Waals surface area (Å²) in [6.07, 6.45) is 1.46. The molecule has 0 bridgehead atoms. The van der Waals surface area contributed by atoms with E-state index in [2.05, 4.69) is 10.3 Å². The van der Waals surface area contributed by atoms with Crippen LogP contribution in [0.1, 0.15) is 17.4 Å². The molecule has 1 heterocycles. The van der Waals surface area contributed by atoms with E-state index in [0.717, 1.165) is 0 Å². The third-order valence-corrected chi connectivity index (χ3v) is 1.59. The van der Waals surface area contributed by atoms with E-state index >= 15 is 0 Å². The smallest absolute Gasteiger partial charge is 0.171 e. The van der Waals surface area contributed by atoms with Gasteiger partial charge in [0, 0.05) is 6.61 Å². The molecule has 0 saturated carbocycles. The van der Waals surface area contributed by atoms with Crippen LogP contribution in [0.5, 0.6) is 0 Å². The lowest BCUT2D eigenvalue weighted by Gasteiger charge is -2.09. The standard InChI is InChI=1S/C8H13N3O3/c1-2-14-6-8(13)4-11-3-7(5-12)9-10-11/h3,5,8,13H,2,4,6H2,1H3. The van der Waals surface area contributed by atoms with E-state index in [-0.39, 0.29) is 18.8 Å². The molecule has 1 unspecified atom stereocenters. The van der Waals surface area contributed by atoms with Gasteiger partial charge >= 0.3 is 0 Å². The Kier molecular flexibility index (Phi) is 4.21. The Morgan fingerprint density at radius 2 is 2.57 bits per heavy atom. The molecule has 1 N–H and O–H groups in total. The third-order valence-electron chi connectivity index (χ3n) is 1.59. The van der Waals surface area contributed by atoms with Crippen molar-refractivity contribution in [1.82, 2.24) is 15.0 Å². The zero-order valence-electron chi connectivity index (χ0n) is 7.96. The highest BCUT2D eigenvalue weighted by Crippen LogP contribution is 1.93.